The van der Waals surface area contributed by atoms with Crippen LogP contribution in [0.2, 0.25) is 0 Å². The van der Waals surface area contributed by atoms with Gasteiger partial charge < -0.3 is 19.5 Å². The van der Waals surface area contributed by atoms with Crippen LogP contribution in [-0.2, 0) is 0 Å². The second kappa shape index (κ2) is 6.14. The van der Waals surface area contributed by atoms with E-state index in [4.69, 9.17) is 14.2 Å². The van der Waals surface area contributed by atoms with E-state index in [1.54, 1.807) is 21.3 Å². The largest absolute Gasteiger partial charge is 0.493 e. The normalized spacial score (nSPS) is 20.8. The second-order valence-corrected chi connectivity index (χ2v) is 6.48. The lowest BCUT2D eigenvalue weighted by atomic mass is 10.1. The highest BCUT2D eigenvalue weighted by Crippen LogP contribution is 2.51. The van der Waals surface area contributed by atoms with Crippen LogP contribution >= 0.6 is 0 Å². The fourth-order valence-electron chi connectivity index (χ4n) is 2.71. The Labute approximate surface area is 127 Å². The average molecular weight is 293 g/mol. The van der Waals surface area contributed by atoms with Crippen molar-refractivity contribution in [1.29, 1.82) is 0 Å². The monoisotopic (exact) mass is 293 g/mol. The summed E-state index contributed by atoms with van der Waals surface area (Å²) in [5.41, 5.74) is 1.64. The number of methoxy groups -OCH3 is 3. The van der Waals surface area contributed by atoms with E-state index >= 15 is 0 Å². The van der Waals surface area contributed by atoms with Crippen LogP contribution < -0.4 is 19.5 Å². The first-order valence-electron chi connectivity index (χ1n) is 7.46. The van der Waals surface area contributed by atoms with Gasteiger partial charge in [0.15, 0.2) is 11.5 Å². The summed E-state index contributed by atoms with van der Waals surface area (Å²) in [7, 11) is 4.91. The predicted octanol–water partition coefficient (Wildman–Crippen LogP) is 3.41. The van der Waals surface area contributed by atoms with E-state index in [9.17, 15) is 0 Å². The van der Waals surface area contributed by atoms with Gasteiger partial charge in [-0.1, -0.05) is 13.8 Å². The first-order valence-corrected chi connectivity index (χ1v) is 7.46. The number of hydrogen-bond donors (Lipinski definition) is 1. The van der Waals surface area contributed by atoms with Crippen LogP contribution in [0.4, 0.5) is 0 Å². The Morgan fingerprint density at radius 2 is 1.67 bits per heavy atom. The minimum Gasteiger partial charge on any atom is -0.493 e. The lowest BCUT2D eigenvalue weighted by Crippen LogP contribution is -2.22. The first-order chi connectivity index (χ1) is 9.92. The van der Waals surface area contributed by atoms with Gasteiger partial charge in [-0.3, -0.25) is 0 Å². The smallest absolute Gasteiger partial charge is 0.203 e. The molecule has 1 aliphatic carbocycles. The molecule has 1 saturated carbocycles. The van der Waals surface area contributed by atoms with Crippen LogP contribution in [0.25, 0.3) is 0 Å². The van der Waals surface area contributed by atoms with Crippen molar-refractivity contribution in [3.05, 3.63) is 17.7 Å². The summed E-state index contributed by atoms with van der Waals surface area (Å²) in [6.07, 6.45) is 1.31. The van der Waals surface area contributed by atoms with Crippen LogP contribution in [0.15, 0.2) is 12.1 Å². The summed E-state index contributed by atoms with van der Waals surface area (Å²) in [5, 5.41) is 3.60. The second-order valence-electron chi connectivity index (χ2n) is 6.48. The average Bonchev–Trinajstić information content (AvgIpc) is 3.10. The molecule has 0 heterocycles. The summed E-state index contributed by atoms with van der Waals surface area (Å²) in [4.78, 5) is 0. The summed E-state index contributed by atoms with van der Waals surface area (Å²) >= 11 is 0. The summed E-state index contributed by atoms with van der Waals surface area (Å²) in [5.74, 6) is 2.82. The van der Waals surface area contributed by atoms with Gasteiger partial charge in [-0.25, -0.2) is 0 Å². The zero-order chi connectivity index (χ0) is 15.6. The third-order valence-electron chi connectivity index (χ3n) is 4.58. The lowest BCUT2D eigenvalue weighted by molar-refractivity contribution is 0.323. The van der Waals surface area contributed by atoms with Gasteiger partial charge in [-0.2, -0.15) is 0 Å². The highest BCUT2D eigenvalue weighted by Gasteiger charge is 2.44. The number of benzene rings is 1. The molecule has 1 aromatic rings. The molecule has 2 atom stereocenters. The third-order valence-corrected chi connectivity index (χ3v) is 4.58. The highest BCUT2D eigenvalue weighted by atomic mass is 16.5. The summed E-state index contributed by atoms with van der Waals surface area (Å²) < 4.78 is 16.2. The molecule has 1 aromatic carbocycles. The topological polar surface area (TPSA) is 39.7 Å². The fraction of sp³-hybridized carbons (Fsp3) is 0.647. The Hall–Kier alpha value is -1.42. The van der Waals surface area contributed by atoms with Crippen molar-refractivity contribution >= 4 is 0 Å². The van der Waals surface area contributed by atoms with Gasteiger partial charge in [0.1, 0.15) is 0 Å². The molecule has 0 aliphatic heterocycles. The molecule has 118 valence electrons. The van der Waals surface area contributed by atoms with E-state index in [1.165, 1.54) is 6.42 Å². The molecule has 21 heavy (non-hydrogen) atoms. The van der Waals surface area contributed by atoms with Gasteiger partial charge in [0.2, 0.25) is 5.75 Å². The molecule has 0 saturated heterocycles. The maximum Gasteiger partial charge on any atom is 0.203 e. The molecule has 0 radical (unpaired) electrons. The molecule has 0 aromatic heterocycles. The van der Waals surface area contributed by atoms with Crippen LogP contribution in [-0.4, -0.2) is 27.9 Å². The number of nitrogens with one attached hydrogen (secondary N) is 1. The molecule has 4 heteroatoms. The lowest BCUT2D eigenvalue weighted by Gasteiger charge is -2.19. The quantitative estimate of drug-likeness (QED) is 0.836. The predicted molar refractivity (Wildman–Crippen MR) is 84.4 cm³/mol. The standard InChI is InChI=1S/C17H27NO3/c1-11(18-10-13-9-17(13,2)3)12-7-14(19-4)16(21-6)15(8-12)20-5/h7-8,11,13,18H,9-10H2,1-6H3. The SMILES string of the molecule is COc1cc(C(C)NCC2CC2(C)C)cc(OC)c1OC. The molecule has 0 spiro atoms. The molecule has 2 unspecified atom stereocenters. The van der Waals surface area contributed by atoms with Crippen molar-refractivity contribution in [2.45, 2.75) is 33.2 Å². The van der Waals surface area contributed by atoms with Gasteiger partial charge in [0.25, 0.3) is 0 Å². The van der Waals surface area contributed by atoms with Gasteiger partial charge in [-0.05, 0) is 48.9 Å². The van der Waals surface area contributed by atoms with E-state index in [2.05, 4.69) is 26.1 Å². The fourth-order valence-corrected chi connectivity index (χ4v) is 2.71. The Kier molecular flexibility index (Phi) is 4.67. The van der Waals surface area contributed by atoms with Crippen molar-refractivity contribution < 1.29 is 14.2 Å². The number of ether oxygens (including phenoxy) is 3. The van der Waals surface area contributed by atoms with E-state index < -0.39 is 0 Å². The maximum atomic E-state index is 5.41. The van der Waals surface area contributed by atoms with Crippen LogP contribution in [0.3, 0.4) is 0 Å². The van der Waals surface area contributed by atoms with E-state index in [-0.39, 0.29) is 6.04 Å². The molecule has 1 N–H and O–H groups in total. The van der Waals surface area contributed by atoms with Crippen LogP contribution in [0, 0.1) is 11.3 Å². The maximum absolute atomic E-state index is 5.41. The molecule has 2 rings (SSSR count). The van der Waals surface area contributed by atoms with Crippen LogP contribution in [0.1, 0.15) is 38.8 Å². The molecular weight excluding hydrogens is 266 g/mol. The minimum absolute atomic E-state index is 0.245. The Balaban J connectivity index is 2.11. The van der Waals surface area contributed by atoms with Crippen molar-refractivity contribution in [1.82, 2.24) is 5.32 Å². The highest BCUT2D eigenvalue weighted by molar-refractivity contribution is 5.54. The van der Waals surface area contributed by atoms with Gasteiger partial charge in [0.05, 0.1) is 21.3 Å². The summed E-state index contributed by atoms with van der Waals surface area (Å²) in [6, 6.07) is 4.27. The number of hydrogen-bond acceptors (Lipinski definition) is 4. The zero-order valence-electron chi connectivity index (χ0n) is 13.9. The third kappa shape index (κ3) is 3.43. The zero-order valence-corrected chi connectivity index (χ0v) is 13.9. The van der Waals surface area contributed by atoms with E-state index in [1.807, 2.05) is 12.1 Å². The Morgan fingerprint density at radius 3 is 2.05 bits per heavy atom. The van der Waals surface area contributed by atoms with E-state index in [0.717, 1.165) is 18.0 Å². The molecule has 1 aliphatic rings. The van der Waals surface area contributed by atoms with Gasteiger partial charge in [-0.15, -0.1) is 0 Å². The van der Waals surface area contributed by atoms with Crippen LogP contribution in [0.5, 0.6) is 17.2 Å². The molecule has 1 fully saturated rings. The minimum atomic E-state index is 0.245. The summed E-state index contributed by atoms with van der Waals surface area (Å²) in [6.45, 7) is 7.85. The molecule has 0 amide bonds. The molecular formula is C17H27NO3. The van der Waals surface area contributed by atoms with Crippen molar-refractivity contribution in [3.8, 4) is 17.2 Å². The molecule has 0 bridgehead atoms. The van der Waals surface area contributed by atoms with Crippen molar-refractivity contribution in [2.75, 3.05) is 27.9 Å². The van der Waals surface area contributed by atoms with E-state index in [0.29, 0.717) is 22.7 Å². The first kappa shape index (κ1) is 16.0. The Bertz CT molecular complexity index is 474. The van der Waals surface area contributed by atoms with Crippen molar-refractivity contribution in [2.24, 2.45) is 11.3 Å². The Morgan fingerprint density at radius 1 is 1.14 bits per heavy atom. The molecule has 4 nitrogen and oxygen atoms in total. The van der Waals surface area contributed by atoms with Gasteiger partial charge >= 0.3 is 0 Å². The number of rotatable bonds is 7. The van der Waals surface area contributed by atoms with Crippen molar-refractivity contribution in [3.63, 3.8) is 0 Å². The van der Waals surface area contributed by atoms with Gasteiger partial charge in [0, 0.05) is 6.04 Å².